The van der Waals surface area contributed by atoms with Gasteiger partial charge >= 0.3 is 5.97 Å². The Morgan fingerprint density at radius 3 is 1.98 bits per heavy atom. The van der Waals surface area contributed by atoms with Gasteiger partial charge in [0.2, 0.25) is 0 Å². The highest BCUT2D eigenvalue weighted by molar-refractivity contribution is 9.10. The fourth-order valence-electron chi connectivity index (χ4n) is 5.92. The molecular weight excluding hydrogens is 668 g/mol. The van der Waals surface area contributed by atoms with Crippen molar-refractivity contribution in [3.8, 4) is 22.4 Å². The predicted molar refractivity (Wildman–Crippen MR) is 188 cm³/mol. The van der Waals surface area contributed by atoms with Crippen LogP contribution in [-0.4, -0.2) is 35.2 Å². The normalized spacial score (nSPS) is 12.3. The number of hydrogen-bond donors (Lipinski definition) is 0. The number of fused-ring (bicyclic) bond motifs is 2. The molecule has 0 saturated heterocycles. The van der Waals surface area contributed by atoms with Crippen molar-refractivity contribution < 1.29 is 23.9 Å². The van der Waals surface area contributed by atoms with E-state index in [1.54, 1.807) is 66.7 Å². The third kappa shape index (κ3) is 5.71. The number of nitrogens with zero attached hydrogens (tertiary/aromatic N) is 2. The van der Waals surface area contributed by atoms with Crippen LogP contribution in [0.25, 0.3) is 33.3 Å². The molecule has 1 aliphatic heterocycles. The number of rotatable bonds is 8. The first-order valence-electron chi connectivity index (χ1n) is 15.4. The Hall–Kier alpha value is -5.73. The van der Waals surface area contributed by atoms with Crippen molar-refractivity contribution >= 4 is 56.1 Å². The summed E-state index contributed by atoms with van der Waals surface area (Å²) in [6, 6.07) is 36.1. The Morgan fingerprint density at radius 1 is 0.729 bits per heavy atom. The molecule has 8 heteroatoms. The van der Waals surface area contributed by atoms with Gasteiger partial charge in [0.25, 0.3) is 11.8 Å². The summed E-state index contributed by atoms with van der Waals surface area (Å²) >= 11 is 3.55. The van der Waals surface area contributed by atoms with Crippen LogP contribution in [0, 0.1) is 0 Å². The Labute approximate surface area is 284 Å². The largest absolute Gasteiger partial charge is 0.454 e. The highest BCUT2D eigenvalue weighted by Crippen LogP contribution is 2.33. The van der Waals surface area contributed by atoms with Crippen LogP contribution in [0.3, 0.4) is 0 Å². The molecule has 0 radical (unpaired) electrons. The van der Waals surface area contributed by atoms with Crippen molar-refractivity contribution in [3.05, 3.63) is 154 Å². The summed E-state index contributed by atoms with van der Waals surface area (Å²) in [4.78, 5) is 58.8. The molecule has 0 unspecified atom stereocenters. The zero-order valence-electron chi connectivity index (χ0n) is 25.8. The number of ether oxygens (including phenoxy) is 1. The number of carbonyl (C=O) groups is 4. The van der Waals surface area contributed by atoms with Gasteiger partial charge in [0.15, 0.2) is 12.4 Å². The molecule has 48 heavy (non-hydrogen) atoms. The average molecular weight is 696 g/mol. The number of aryl methyl sites for hydroxylation is 1. The van der Waals surface area contributed by atoms with Crippen LogP contribution in [0.1, 0.15) is 53.9 Å². The van der Waals surface area contributed by atoms with Crippen molar-refractivity contribution in [3.63, 3.8) is 0 Å². The number of benzene rings is 5. The number of imide groups is 1. The number of halogens is 1. The maximum Gasteiger partial charge on any atom is 0.339 e. The lowest BCUT2D eigenvalue weighted by molar-refractivity contribution is 0.0476. The summed E-state index contributed by atoms with van der Waals surface area (Å²) in [5, 5.41) is 0.595. The Balaban J connectivity index is 1.17. The average Bonchev–Trinajstić information content (AvgIpc) is 3.39. The van der Waals surface area contributed by atoms with Crippen molar-refractivity contribution in [2.45, 2.75) is 13.3 Å². The number of ketones is 1. The zero-order chi connectivity index (χ0) is 33.4. The van der Waals surface area contributed by atoms with E-state index in [1.807, 2.05) is 61.5 Å². The van der Waals surface area contributed by atoms with E-state index in [0.717, 1.165) is 26.1 Å². The second kappa shape index (κ2) is 12.8. The van der Waals surface area contributed by atoms with E-state index in [0.29, 0.717) is 51.0 Å². The minimum atomic E-state index is -0.652. The Kier molecular flexibility index (Phi) is 8.25. The van der Waals surface area contributed by atoms with Gasteiger partial charge in [0.05, 0.1) is 33.6 Å². The van der Waals surface area contributed by atoms with Gasteiger partial charge < -0.3 is 4.74 Å². The van der Waals surface area contributed by atoms with Crippen LogP contribution in [0.2, 0.25) is 0 Å². The van der Waals surface area contributed by atoms with E-state index in [-0.39, 0.29) is 23.2 Å². The number of aromatic nitrogens is 1. The summed E-state index contributed by atoms with van der Waals surface area (Å²) in [7, 11) is 0. The molecule has 0 saturated carbocycles. The summed E-state index contributed by atoms with van der Waals surface area (Å²) in [6.45, 7) is 1.58. The number of carbonyl (C=O) groups excluding carboxylic acids is 4. The van der Waals surface area contributed by atoms with Gasteiger partial charge in [-0.1, -0.05) is 102 Å². The van der Waals surface area contributed by atoms with Crippen molar-refractivity contribution in [1.29, 1.82) is 0 Å². The van der Waals surface area contributed by atoms with Crippen molar-refractivity contribution in [2.75, 3.05) is 11.5 Å². The predicted octanol–water partition coefficient (Wildman–Crippen LogP) is 8.73. The van der Waals surface area contributed by atoms with Crippen LogP contribution < -0.4 is 4.90 Å². The molecule has 2 heterocycles. The number of anilines is 1. The summed E-state index contributed by atoms with van der Waals surface area (Å²) in [6.07, 6.45) is 0.664. The molecule has 1 aliphatic rings. The number of esters is 1. The van der Waals surface area contributed by atoms with E-state index in [2.05, 4.69) is 15.9 Å². The van der Waals surface area contributed by atoms with Gasteiger partial charge in [-0.25, -0.2) is 14.7 Å². The monoisotopic (exact) mass is 694 g/mol. The van der Waals surface area contributed by atoms with Crippen LogP contribution in [0.15, 0.2) is 126 Å². The van der Waals surface area contributed by atoms with E-state index >= 15 is 0 Å². The van der Waals surface area contributed by atoms with Crippen LogP contribution in [0.5, 0.6) is 0 Å². The van der Waals surface area contributed by atoms with Gasteiger partial charge in [-0.15, -0.1) is 0 Å². The highest BCUT2D eigenvalue weighted by Gasteiger charge is 2.36. The van der Waals surface area contributed by atoms with Crippen molar-refractivity contribution in [1.82, 2.24) is 4.98 Å². The fraction of sp³-hybridized carbons (Fsp3) is 0.0750. The van der Waals surface area contributed by atoms with Crippen LogP contribution >= 0.6 is 15.9 Å². The molecule has 7 rings (SSSR count). The topological polar surface area (TPSA) is 93.6 Å². The molecule has 6 aromatic rings. The minimum absolute atomic E-state index is 0.266. The van der Waals surface area contributed by atoms with Crippen LogP contribution in [0.4, 0.5) is 5.69 Å². The van der Waals surface area contributed by atoms with Gasteiger partial charge in [-0.3, -0.25) is 14.4 Å². The Bertz CT molecular complexity index is 2210. The Morgan fingerprint density at radius 2 is 1.33 bits per heavy atom. The zero-order valence-corrected chi connectivity index (χ0v) is 27.4. The standard InChI is InChI=1S/C40H27BrN2O5/c1-2-24-20-29(41)21-33-34(40(47)48-23-36(44)28-14-12-26(13-15-28)25-8-4-3-5-9-25)22-35(42-37(24)33)27-16-18-30(19-17-27)43-38(45)31-10-6-7-11-32(31)39(43)46/h3-22H,2,23H2,1H3. The molecule has 0 bridgehead atoms. The van der Waals surface area contributed by atoms with Gasteiger partial charge in [0.1, 0.15) is 0 Å². The maximum atomic E-state index is 13.6. The summed E-state index contributed by atoms with van der Waals surface area (Å²) in [5.41, 5.74) is 6.63. The number of pyridine rings is 1. The molecule has 0 atom stereocenters. The summed E-state index contributed by atoms with van der Waals surface area (Å²) < 4.78 is 6.39. The van der Waals surface area contributed by atoms with Crippen molar-refractivity contribution in [2.24, 2.45) is 0 Å². The molecule has 0 aliphatic carbocycles. The van der Waals surface area contributed by atoms with Crippen LogP contribution in [-0.2, 0) is 11.2 Å². The molecule has 0 spiro atoms. The van der Waals surface area contributed by atoms with E-state index in [1.165, 1.54) is 0 Å². The first kappa shape index (κ1) is 30.9. The smallest absolute Gasteiger partial charge is 0.339 e. The molecule has 5 aromatic carbocycles. The van der Waals surface area contributed by atoms with E-state index in [9.17, 15) is 19.2 Å². The number of amides is 2. The maximum absolute atomic E-state index is 13.6. The molecular formula is C40H27BrN2O5. The van der Waals surface area contributed by atoms with Gasteiger partial charge in [-0.05, 0) is 65.6 Å². The fourth-order valence-corrected chi connectivity index (χ4v) is 6.43. The third-order valence-electron chi connectivity index (χ3n) is 8.42. The lowest BCUT2D eigenvalue weighted by Crippen LogP contribution is -2.29. The summed E-state index contributed by atoms with van der Waals surface area (Å²) in [5.74, 6) is -1.73. The third-order valence-corrected chi connectivity index (χ3v) is 8.88. The number of Topliss-reactive ketones (excluding diaryl/α,β-unsaturated/α-hetero) is 1. The lowest BCUT2D eigenvalue weighted by Gasteiger charge is -2.15. The highest BCUT2D eigenvalue weighted by atomic mass is 79.9. The first-order valence-corrected chi connectivity index (χ1v) is 16.2. The molecule has 7 nitrogen and oxygen atoms in total. The quantitative estimate of drug-likeness (QED) is 0.0899. The minimum Gasteiger partial charge on any atom is -0.454 e. The van der Waals surface area contributed by atoms with E-state index < -0.39 is 12.6 Å². The second-order valence-corrected chi connectivity index (χ2v) is 12.3. The van der Waals surface area contributed by atoms with E-state index in [4.69, 9.17) is 9.72 Å². The first-order chi connectivity index (χ1) is 23.3. The van der Waals surface area contributed by atoms with Gasteiger partial charge in [0, 0.05) is 21.0 Å². The molecule has 2 amide bonds. The molecule has 1 aromatic heterocycles. The lowest BCUT2D eigenvalue weighted by atomic mass is 10.00. The van der Waals surface area contributed by atoms with Gasteiger partial charge in [-0.2, -0.15) is 0 Å². The molecule has 0 N–H and O–H groups in total. The molecule has 234 valence electrons. The molecule has 0 fully saturated rings. The number of hydrogen-bond acceptors (Lipinski definition) is 6. The SMILES string of the molecule is CCc1cc(Br)cc2c(C(=O)OCC(=O)c3ccc(-c4ccccc4)cc3)cc(-c3ccc(N4C(=O)c5ccccc5C4=O)cc3)nc12. The second-order valence-electron chi connectivity index (χ2n) is 11.4.